The van der Waals surface area contributed by atoms with Gasteiger partial charge in [0.05, 0.1) is 18.0 Å². The van der Waals surface area contributed by atoms with Crippen LogP contribution in [0.4, 0.5) is 15.8 Å². The summed E-state index contributed by atoms with van der Waals surface area (Å²) in [5, 5.41) is 0. The largest absolute Gasteiger partial charge is 0.491 e. The Morgan fingerprint density at radius 2 is 2.10 bits per heavy atom. The number of anilines is 2. The number of ether oxygens (including phenoxy) is 1. The third kappa shape index (κ3) is 3.17. The first-order valence-corrected chi connectivity index (χ1v) is 7.65. The van der Waals surface area contributed by atoms with Gasteiger partial charge in [-0.05, 0) is 26.2 Å². The van der Waals surface area contributed by atoms with E-state index in [1.165, 1.54) is 25.3 Å². The Hall–Kier alpha value is -1.45. The third-order valence-corrected chi connectivity index (χ3v) is 4.04. The van der Waals surface area contributed by atoms with Gasteiger partial charge < -0.3 is 15.4 Å². The lowest BCUT2D eigenvalue weighted by molar-refractivity contribution is 0.321. The Morgan fingerprint density at radius 3 is 2.80 bits per heavy atom. The molecule has 0 radical (unpaired) electrons. The van der Waals surface area contributed by atoms with Gasteiger partial charge in [-0.15, -0.1) is 0 Å². The highest BCUT2D eigenvalue weighted by atomic mass is 19.1. The van der Waals surface area contributed by atoms with Crippen molar-refractivity contribution in [1.29, 1.82) is 0 Å². The van der Waals surface area contributed by atoms with Crippen molar-refractivity contribution in [2.24, 2.45) is 0 Å². The molecule has 1 saturated heterocycles. The number of halogens is 1. The Labute approximate surface area is 120 Å². The van der Waals surface area contributed by atoms with Crippen LogP contribution in [0.2, 0.25) is 0 Å². The summed E-state index contributed by atoms with van der Waals surface area (Å²) in [6.45, 7) is 5.50. The number of nitrogens with two attached hydrogens (primary N) is 1. The maximum atomic E-state index is 13.8. The molecule has 1 aliphatic rings. The summed E-state index contributed by atoms with van der Waals surface area (Å²) in [6, 6.07) is 3.64. The molecule has 1 aromatic carbocycles. The second kappa shape index (κ2) is 6.82. The first-order valence-electron chi connectivity index (χ1n) is 7.65. The molecule has 0 saturated carbocycles. The molecule has 0 aromatic heterocycles. The zero-order valence-corrected chi connectivity index (χ0v) is 12.5. The molecular weight excluding hydrogens is 255 g/mol. The number of hydrogen-bond acceptors (Lipinski definition) is 3. The van der Waals surface area contributed by atoms with E-state index in [0.717, 1.165) is 25.1 Å². The van der Waals surface area contributed by atoms with E-state index < -0.39 is 0 Å². The minimum Gasteiger partial charge on any atom is -0.491 e. The molecule has 112 valence electrons. The third-order valence-electron chi connectivity index (χ3n) is 4.04. The van der Waals surface area contributed by atoms with Gasteiger partial charge in [0.25, 0.3) is 0 Å². The topological polar surface area (TPSA) is 38.5 Å². The number of hydrogen-bond donors (Lipinski definition) is 1. The highest BCUT2D eigenvalue weighted by molar-refractivity contribution is 5.70. The molecule has 2 rings (SSSR count). The van der Waals surface area contributed by atoms with Gasteiger partial charge in [-0.2, -0.15) is 0 Å². The molecule has 0 bridgehead atoms. The molecule has 1 fully saturated rings. The maximum absolute atomic E-state index is 13.8. The van der Waals surface area contributed by atoms with E-state index in [4.69, 9.17) is 10.5 Å². The van der Waals surface area contributed by atoms with Crippen LogP contribution in [0.3, 0.4) is 0 Å². The van der Waals surface area contributed by atoms with Crippen LogP contribution in [0.1, 0.15) is 46.0 Å². The summed E-state index contributed by atoms with van der Waals surface area (Å²) in [5.41, 5.74) is 7.47. The van der Waals surface area contributed by atoms with Crippen molar-refractivity contribution in [2.45, 2.75) is 52.0 Å². The van der Waals surface area contributed by atoms with Crippen LogP contribution in [0.25, 0.3) is 0 Å². The van der Waals surface area contributed by atoms with Crippen LogP contribution in [0, 0.1) is 5.82 Å². The Kier molecular flexibility index (Phi) is 5.10. The standard InChI is InChI=1S/C16H25FN2O/c1-3-12-8-6-5-7-9-19(12)15-11-16(20-4-2)13(17)10-14(15)18/h10-12H,3-9,18H2,1-2H3. The Bertz CT molecular complexity index is 450. The summed E-state index contributed by atoms with van der Waals surface area (Å²) < 4.78 is 19.2. The molecule has 0 spiro atoms. The fourth-order valence-electron chi connectivity index (χ4n) is 2.99. The highest BCUT2D eigenvalue weighted by Gasteiger charge is 2.23. The quantitative estimate of drug-likeness (QED) is 0.848. The molecule has 2 N–H and O–H groups in total. The summed E-state index contributed by atoms with van der Waals surface area (Å²) in [5.74, 6) is -0.0771. The van der Waals surface area contributed by atoms with Crippen LogP contribution < -0.4 is 15.4 Å². The zero-order valence-electron chi connectivity index (χ0n) is 12.5. The normalized spacial score (nSPS) is 19.8. The highest BCUT2D eigenvalue weighted by Crippen LogP contribution is 2.35. The SMILES string of the molecule is CCOc1cc(N2CCCCCC2CC)c(N)cc1F. The van der Waals surface area contributed by atoms with Crippen molar-refractivity contribution in [3.05, 3.63) is 17.9 Å². The average molecular weight is 280 g/mol. The zero-order chi connectivity index (χ0) is 14.5. The van der Waals surface area contributed by atoms with Crippen molar-refractivity contribution in [1.82, 2.24) is 0 Å². The van der Waals surface area contributed by atoms with Gasteiger partial charge in [0.15, 0.2) is 11.6 Å². The number of nitrogen functional groups attached to an aromatic ring is 1. The smallest absolute Gasteiger partial charge is 0.167 e. The molecule has 0 aliphatic carbocycles. The Morgan fingerprint density at radius 1 is 1.30 bits per heavy atom. The van der Waals surface area contributed by atoms with Gasteiger partial charge >= 0.3 is 0 Å². The molecular formula is C16H25FN2O. The fraction of sp³-hybridized carbons (Fsp3) is 0.625. The maximum Gasteiger partial charge on any atom is 0.167 e. The number of rotatable bonds is 4. The van der Waals surface area contributed by atoms with E-state index in [-0.39, 0.29) is 5.82 Å². The minimum absolute atomic E-state index is 0.302. The van der Waals surface area contributed by atoms with Crippen molar-refractivity contribution in [3.8, 4) is 5.75 Å². The van der Waals surface area contributed by atoms with E-state index in [1.807, 2.05) is 6.92 Å². The van der Waals surface area contributed by atoms with Crippen molar-refractivity contribution < 1.29 is 9.13 Å². The lowest BCUT2D eigenvalue weighted by Gasteiger charge is -2.32. The van der Waals surface area contributed by atoms with E-state index in [0.29, 0.717) is 24.1 Å². The second-order valence-corrected chi connectivity index (χ2v) is 5.38. The van der Waals surface area contributed by atoms with Crippen LogP contribution in [0.5, 0.6) is 5.75 Å². The molecule has 20 heavy (non-hydrogen) atoms. The fourth-order valence-corrected chi connectivity index (χ4v) is 2.99. The van der Waals surface area contributed by atoms with Crippen LogP contribution in [-0.4, -0.2) is 19.2 Å². The van der Waals surface area contributed by atoms with Crippen LogP contribution in [-0.2, 0) is 0 Å². The molecule has 4 heteroatoms. The van der Waals surface area contributed by atoms with Gasteiger partial charge in [0.1, 0.15) is 0 Å². The molecule has 1 heterocycles. The van der Waals surface area contributed by atoms with Gasteiger partial charge in [-0.3, -0.25) is 0 Å². The van der Waals surface area contributed by atoms with E-state index in [9.17, 15) is 4.39 Å². The van der Waals surface area contributed by atoms with E-state index >= 15 is 0 Å². The average Bonchev–Trinajstić information content (AvgIpc) is 2.67. The number of nitrogens with zero attached hydrogens (tertiary/aromatic N) is 1. The Balaban J connectivity index is 2.35. The lowest BCUT2D eigenvalue weighted by Crippen LogP contribution is -2.35. The van der Waals surface area contributed by atoms with Gasteiger partial charge in [0, 0.05) is 24.7 Å². The lowest BCUT2D eigenvalue weighted by atomic mass is 10.1. The molecule has 0 amide bonds. The van der Waals surface area contributed by atoms with Crippen molar-refractivity contribution in [3.63, 3.8) is 0 Å². The van der Waals surface area contributed by atoms with Gasteiger partial charge in [-0.25, -0.2) is 4.39 Å². The van der Waals surface area contributed by atoms with Crippen molar-refractivity contribution >= 4 is 11.4 Å². The summed E-state index contributed by atoms with van der Waals surface area (Å²) in [4.78, 5) is 2.34. The monoisotopic (exact) mass is 280 g/mol. The molecule has 1 aliphatic heterocycles. The first kappa shape index (κ1) is 14.9. The van der Waals surface area contributed by atoms with Gasteiger partial charge in [-0.1, -0.05) is 19.8 Å². The summed E-state index contributed by atoms with van der Waals surface area (Å²) >= 11 is 0. The minimum atomic E-state index is -0.379. The second-order valence-electron chi connectivity index (χ2n) is 5.38. The predicted octanol–water partition coefficient (Wildman–Crippen LogP) is 3.97. The summed E-state index contributed by atoms with van der Waals surface area (Å²) in [7, 11) is 0. The molecule has 3 nitrogen and oxygen atoms in total. The van der Waals surface area contributed by atoms with E-state index in [2.05, 4.69) is 11.8 Å². The van der Waals surface area contributed by atoms with E-state index in [1.54, 1.807) is 6.07 Å². The van der Waals surface area contributed by atoms with Gasteiger partial charge in [0.2, 0.25) is 0 Å². The van der Waals surface area contributed by atoms with Crippen LogP contribution >= 0.6 is 0 Å². The summed E-state index contributed by atoms with van der Waals surface area (Å²) in [6.07, 6.45) is 5.94. The number of benzene rings is 1. The molecule has 1 atom stereocenters. The van der Waals surface area contributed by atoms with Crippen molar-refractivity contribution in [2.75, 3.05) is 23.8 Å². The molecule has 1 aromatic rings. The molecule has 1 unspecified atom stereocenters. The first-order chi connectivity index (χ1) is 9.67. The predicted molar refractivity (Wildman–Crippen MR) is 81.9 cm³/mol. The van der Waals surface area contributed by atoms with Crippen LogP contribution in [0.15, 0.2) is 12.1 Å².